The van der Waals surface area contributed by atoms with Gasteiger partial charge < -0.3 is 13.7 Å². The van der Waals surface area contributed by atoms with Gasteiger partial charge >= 0.3 is 0 Å². The van der Waals surface area contributed by atoms with Crippen molar-refractivity contribution in [1.82, 2.24) is 13.7 Å². The summed E-state index contributed by atoms with van der Waals surface area (Å²) >= 11 is 0. The fourth-order valence-electron chi connectivity index (χ4n) is 12.7. The maximum atomic E-state index is 2.56. The molecule has 16 aromatic rings. The highest BCUT2D eigenvalue weighted by Gasteiger charge is 2.25. The van der Waals surface area contributed by atoms with Gasteiger partial charge in [0, 0.05) is 48.5 Å². The number of hydrogen-bond acceptors (Lipinski definition) is 0. The zero-order chi connectivity index (χ0) is 44.9. The molecule has 0 spiro atoms. The molecule has 13 aromatic carbocycles. The molecule has 69 heavy (non-hydrogen) atoms. The normalized spacial score (nSPS) is 12.3. The van der Waals surface area contributed by atoms with Gasteiger partial charge in [-0.3, -0.25) is 0 Å². The number of benzene rings is 13. The molecule has 16 rings (SSSR count). The molecule has 0 fully saturated rings. The van der Waals surface area contributed by atoms with Gasteiger partial charge in [-0.05, 0) is 84.9 Å². The van der Waals surface area contributed by atoms with Crippen LogP contribution < -0.4 is 0 Å². The third-order valence-corrected chi connectivity index (χ3v) is 15.3. The van der Waals surface area contributed by atoms with Crippen LogP contribution in [0.3, 0.4) is 0 Å². The van der Waals surface area contributed by atoms with Crippen molar-refractivity contribution < 1.29 is 0 Å². The number of nitrogens with zero attached hydrogens (tertiary/aromatic N) is 3. The van der Waals surface area contributed by atoms with E-state index in [-0.39, 0.29) is 0 Å². The van der Waals surface area contributed by atoms with Crippen LogP contribution in [-0.2, 0) is 0 Å². The smallest absolute Gasteiger partial charge is 0.0625 e. The van der Waals surface area contributed by atoms with Crippen LogP contribution in [0, 0.1) is 0 Å². The van der Waals surface area contributed by atoms with E-state index < -0.39 is 0 Å². The van der Waals surface area contributed by atoms with Gasteiger partial charge in [0.1, 0.15) is 0 Å². The second-order valence-electron chi connectivity index (χ2n) is 18.7. The molecular weight excluding hydrogens is 835 g/mol. The van der Waals surface area contributed by atoms with Crippen molar-refractivity contribution in [2.45, 2.75) is 0 Å². The maximum Gasteiger partial charge on any atom is 0.0625 e. The van der Waals surface area contributed by atoms with E-state index in [0.717, 1.165) is 17.1 Å². The van der Waals surface area contributed by atoms with Crippen molar-refractivity contribution in [3.63, 3.8) is 0 Å². The number of fused-ring (bicyclic) bond motifs is 24. The van der Waals surface area contributed by atoms with Gasteiger partial charge in [-0.25, -0.2) is 0 Å². The van der Waals surface area contributed by atoms with Gasteiger partial charge in [0.15, 0.2) is 0 Å². The average Bonchev–Trinajstić information content (AvgIpc) is 4.09. The zero-order valence-corrected chi connectivity index (χ0v) is 37.4. The van der Waals surface area contributed by atoms with Crippen molar-refractivity contribution in [2.75, 3.05) is 0 Å². The van der Waals surface area contributed by atoms with E-state index in [0.29, 0.717) is 0 Å². The van der Waals surface area contributed by atoms with Crippen LogP contribution in [0.15, 0.2) is 237 Å². The van der Waals surface area contributed by atoms with E-state index in [2.05, 4.69) is 250 Å². The maximum absolute atomic E-state index is 2.56. The first-order valence-electron chi connectivity index (χ1n) is 23.9. The predicted molar refractivity (Wildman–Crippen MR) is 294 cm³/mol. The molecular formula is C66H39N3. The Kier molecular flexibility index (Phi) is 7.34. The van der Waals surface area contributed by atoms with Gasteiger partial charge in [0.05, 0.1) is 50.2 Å². The predicted octanol–water partition coefficient (Wildman–Crippen LogP) is 17.9. The molecule has 318 valence electrons. The number of aromatic nitrogens is 3. The second-order valence-corrected chi connectivity index (χ2v) is 18.7. The molecule has 3 heterocycles. The van der Waals surface area contributed by atoms with Crippen molar-refractivity contribution in [1.29, 1.82) is 0 Å². The fourth-order valence-corrected chi connectivity index (χ4v) is 12.7. The number of hydrogen-bond donors (Lipinski definition) is 0. The summed E-state index contributed by atoms with van der Waals surface area (Å²) in [5.41, 5.74) is 10.5. The summed E-state index contributed by atoms with van der Waals surface area (Å²) in [6.45, 7) is 0. The highest BCUT2D eigenvalue weighted by Crippen LogP contribution is 2.47. The van der Waals surface area contributed by atoms with Gasteiger partial charge in [-0.15, -0.1) is 0 Å². The summed E-state index contributed by atoms with van der Waals surface area (Å²) in [5, 5.41) is 22.6. The van der Waals surface area contributed by atoms with E-state index in [9.17, 15) is 0 Å². The van der Waals surface area contributed by atoms with Crippen LogP contribution in [-0.4, -0.2) is 13.7 Å². The number of para-hydroxylation sites is 3. The van der Waals surface area contributed by atoms with Gasteiger partial charge in [0.2, 0.25) is 0 Å². The van der Waals surface area contributed by atoms with E-state index in [1.54, 1.807) is 0 Å². The highest BCUT2D eigenvalue weighted by atomic mass is 15.0. The van der Waals surface area contributed by atoms with Crippen LogP contribution >= 0.6 is 0 Å². The Labute approximate surface area is 395 Å². The van der Waals surface area contributed by atoms with Crippen LogP contribution in [0.1, 0.15) is 0 Å². The first kappa shape index (κ1) is 37.0. The average molecular weight is 874 g/mol. The van der Waals surface area contributed by atoms with Crippen molar-refractivity contribution in [3.8, 4) is 17.1 Å². The Morgan fingerprint density at radius 3 is 0.623 bits per heavy atom. The lowest BCUT2D eigenvalue weighted by molar-refractivity contribution is 1.10. The first-order valence-corrected chi connectivity index (χ1v) is 23.9. The Hall–Kier alpha value is -9.18. The summed E-state index contributed by atoms with van der Waals surface area (Å²) in [5.74, 6) is 0. The summed E-state index contributed by atoms with van der Waals surface area (Å²) in [6.07, 6.45) is 0. The van der Waals surface area contributed by atoms with Crippen LogP contribution in [0.4, 0.5) is 0 Å². The Balaban J connectivity index is 1.15. The summed E-state index contributed by atoms with van der Waals surface area (Å²) in [6, 6.07) is 88.2. The quantitative estimate of drug-likeness (QED) is 0.157. The Bertz CT molecular complexity index is 4400. The van der Waals surface area contributed by atoms with Gasteiger partial charge in [-0.1, -0.05) is 200 Å². The Morgan fingerprint density at radius 2 is 0.362 bits per heavy atom. The molecule has 3 nitrogen and oxygen atoms in total. The van der Waals surface area contributed by atoms with E-state index in [1.807, 2.05) is 0 Å². The summed E-state index contributed by atoms with van der Waals surface area (Å²) in [7, 11) is 0. The van der Waals surface area contributed by atoms with Gasteiger partial charge in [0.25, 0.3) is 0 Å². The molecule has 0 N–H and O–H groups in total. The van der Waals surface area contributed by atoms with Crippen molar-refractivity contribution >= 4 is 130 Å². The topological polar surface area (TPSA) is 14.8 Å². The summed E-state index contributed by atoms with van der Waals surface area (Å²) in [4.78, 5) is 0. The molecule has 0 saturated heterocycles. The monoisotopic (exact) mass is 873 g/mol. The van der Waals surface area contributed by atoms with Gasteiger partial charge in [-0.2, -0.15) is 0 Å². The minimum Gasteiger partial charge on any atom is -0.308 e. The third-order valence-electron chi connectivity index (χ3n) is 15.3. The zero-order valence-electron chi connectivity index (χ0n) is 37.4. The third kappa shape index (κ3) is 4.85. The highest BCUT2D eigenvalue weighted by molar-refractivity contribution is 6.35. The standard InChI is InChI=1S/C66H39N3/c1-7-25-49-43(19-1)46-22-4-10-28-52(46)64-61(49)55-31-13-16-34-58(55)67(64)40-37-41(68-59-35-17-14-32-56(59)62-50-26-8-2-20-44(50)47-23-5-11-29-53(47)65(62)68)39-42(38-40)69-60-36-18-15-33-57(60)63-51-27-9-3-21-45(51)48-24-6-12-30-54(48)66(63)69/h1-39H. The largest absolute Gasteiger partial charge is 0.308 e. The fraction of sp³-hybridized carbons (Fsp3) is 0. The molecule has 0 radical (unpaired) electrons. The molecule has 0 aliphatic heterocycles. The minimum atomic E-state index is 1.10. The van der Waals surface area contributed by atoms with Crippen LogP contribution in [0.25, 0.3) is 147 Å². The minimum absolute atomic E-state index is 1.10. The van der Waals surface area contributed by atoms with E-state index in [1.165, 1.54) is 130 Å². The molecule has 0 bridgehead atoms. The van der Waals surface area contributed by atoms with Crippen molar-refractivity contribution in [3.05, 3.63) is 237 Å². The molecule has 0 atom stereocenters. The Morgan fingerprint density at radius 1 is 0.174 bits per heavy atom. The molecule has 0 unspecified atom stereocenters. The van der Waals surface area contributed by atoms with E-state index >= 15 is 0 Å². The SMILES string of the molecule is c1ccc2c(c1)c1ccccc1c1c2c2ccccc2n1-c1cc(-n2c3ccccc3c3c4ccccc4c4ccccc4c32)cc(-n2c3ccccc3c3c4ccccc4c4ccccc4c32)c1. The molecule has 0 saturated carbocycles. The molecule has 0 aliphatic carbocycles. The molecule has 3 heteroatoms. The lowest BCUT2D eigenvalue weighted by Gasteiger charge is -2.19. The molecule has 0 aliphatic rings. The second kappa shape index (κ2) is 13.7. The van der Waals surface area contributed by atoms with Crippen molar-refractivity contribution in [2.24, 2.45) is 0 Å². The lowest BCUT2D eigenvalue weighted by Crippen LogP contribution is -2.04. The first-order chi connectivity index (χ1) is 34.3. The van der Waals surface area contributed by atoms with E-state index in [4.69, 9.17) is 0 Å². The van der Waals surface area contributed by atoms with Crippen LogP contribution in [0.5, 0.6) is 0 Å². The summed E-state index contributed by atoms with van der Waals surface area (Å²) < 4.78 is 7.69. The molecule has 0 amide bonds. The molecule has 3 aromatic heterocycles. The number of rotatable bonds is 3. The lowest BCUT2D eigenvalue weighted by atomic mass is 9.96. The van der Waals surface area contributed by atoms with Crippen LogP contribution in [0.2, 0.25) is 0 Å².